The van der Waals surface area contributed by atoms with Crippen molar-refractivity contribution in [2.45, 2.75) is 17.4 Å². The third kappa shape index (κ3) is 4.23. The summed E-state index contributed by atoms with van der Waals surface area (Å²) >= 11 is 12.1. The molecule has 0 spiro atoms. The minimum absolute atomic E-state index is 0.0139. The van der Waals surface area contributed by atoms with Gasteiger partial charge < -0.3 is 10.2 Å². The van der Waals surface area contributed by atoms with Gasteiger partial charge in [-0.1, -0.05) is 23.2 Å². The third-order valence-electron chi connectivity index (χ3n) is 4.24. The maximum atomic E-state index is 12.7. The van der Waals surface area contributed by atoms with Crippen LogP contribution in [0.2, 0.25) is 10.2 Å². The van der Waals surface area contributed by atoms with E-state index in [1.165, 1.54) is 34.0 Å². The van der Waals surface area contributed by atoms with Crippen LogP contribution >= 0.6 is 23.2 Å². The predicted molar refractivity (Wildman–Crippen MR) is 104 cm³/mol. The minimum atomic E-state index is -3.94. The summed E-state index contributed by atoms with van der Waals surface area (Å²) in [7, 11) is -2.35. The Hall–Kier alpha value is -2.32. The van der Waals surface area contributed by atoms with E-state index in [9.17, 15) is 13.2 Å². The molecule has 2 heterocycles. The maximum Gasteiger partial charge on any atom is 0.260 e. The van der Waals surface area contributed by atoms with Gasteiger partial charge in [0.1, 0.15) is 10.0 Å². The number of rotatable bonds is 5. The number of anilines is 1. The molecule has 0 unspecified atom stereocenters. The summed E-state index contributed by atoms with van der Waals surface area (Å²) in [4.78, 5) is 13.7. The van der Waals surface area contributed by atoms with Crippen molar-refractivity contribution in [3.05, 3.63) is 40.1 Å². The number of carbonyl (C=O) groups excluding carboxylic acids is 1. The first kappa shape index (κ1) is 20.4. The molecule has 1 aromatic heterocycles. The summed E-state index contributed by atoms with van der Waals surface area (Å²) in [6.45, 7) is 0.780. The fraction of sp³-hybridized carbons (Fsp3) is 0.312. The van der Waals surface area contributed by atoms with Gasteiger partial charge in [-0.3, -0.25) is 9.48 Å². The van der Waals surface area contributed by atoms with E-state index in [4.69, 9.17) is 28.5 Å². The molecule has 0 radical (unpaired) electrons. The molecule has 3 rings (SSSR count). The fourth-order valence-corrected chi connectivity index (χ4v) is 4.76. The maximum absolute atomic E-state index is 12.7. The highest BCUT2D eigenvalue weighted by Gasteiger charge is 2.28. The van der Waals surface area contributed by atoms with E-state index in [1.54, 1.807) is 7.05 Å². The lowest BCUT2D eigenvalue weighted by atomic mass is 10.3. The zero-order chi connectivity index (χ0) is 20.5. The smallest absolute Gasteiger partial charge is 0.260 e. The number of likely N-dealkylation sites (tertiary alicyclic amines) is 1. The molecule has 1 aliphatic heterocycles. The number of aromatic nitrogens is 2. The van der Waals surface area contributed by atoms with Crippen molar-refractivity contribution in [1.29, 1.82) is 5.26 Å². The van der Waals surface area contributed by atoms with E-state index in [0.29, 0.717) is 19.5 Å². The highest BCUT2D eigenvalue weighted by Crippen LogP contribution is 2.26. The average molecular weight is 443 g/mol. The van der Waals surface area contributed by atoms with Crippen LogP contribution < -0.4 is 10.0 Å². The van der Waals surface area contributed by atoms with E-state index in [0.717, 1.165) is 0 Å². The lowest BCUT2D eigenvalue weighted by Crippen LogP contribution is -2.36. The van der Waals surface area contributed by atoms with Crippen LogP contribution in [-0.2, 0) is 17.1 Å². The zero-order valence-corrected chi connectivity index (χ0v) is 17.0. The highest BCUT2D eigenvalue weighted by molar-refractivity contribution is 7.89. The second kappa shape index (κ2) is 7.97. The number of benzene rings is 1. The van der Waals surface area contributed by atoms with Gasteiger partial charge in [-0.15, -0.1) is 0 Å². The van der Waals surface area contributed by atoms with Gasteiger partial charge in [0, 0.05) is 31.9 Å². The van der Waals surface area contributed by atoms with E-state index >= 15 is 0 Å². The normalized spacial score (nSPS) is 16.8. The van der Waals surface area contributed by atoms with Crippen LogP contribution in [0.15, 0.2) is 29.3 Å². The molecule has 12 heteroatoms. The van der Waals surface area contributed by atoms with E-state index in [1.807, 2.05) is 6.19 Å². The molecule has 1 fully saturated rings. The molecular weight excluding hydrogens is 427 g/mol. The number of hydrogen-bond acceptors (Lipinski definition) is 6. The Kier molecular flexibility index (Phi) is 5.81. The Morgan fingerprint density at radius 2 is 2.14 bits per heavy atom. The molecule has 0 aliphatic carbocycles. The molecule has 1 aliphatic rings. The van der Waals surface area contributed by atoms with Crippen LogP contribution in [0.5, 0.6) is 0 Å². The first-order chi connectivity index (χ1) is 13.2. The van der Waals surface area contributed by atoms with Gasteiger partial charge in [-0.25, -0.2) is 13.1 Å². The summed E-state index contributed by atoms with van der Waals surface area (Å²) < 4.78 is 29.3. The lowest BCUT2D eigenvalue weighted by Gasteiger charge is -2.15. The molecule has 1 saturated heterocycles. The topological polar surface area (TPSA) is 120 Å². The minimum Gasteiger partial charge on any atom is -0.322 e. The monoisotopic (exact) mass is 442 g/mol. The number of nitrogens with zero attached hydrogens (tertiary/aromatic N) is 4. The number of carbonyl (C=O) groups is 1. The van der Waals surface area contributed by atoms with Crippen molar-refractivity contribution >= 4 is 44.8 Å². The molecule has 9 nitrogen and oxygen atoms in total. The summed E-state index contributed by atoms with van der Waals surface area (Å²) in [6, 6.07) is 3.74. The number of aryl methyl sites for hydroxylation is 1. The van der Waals surface area contributed by atoms with Crippen molar-refractivity contribution < 1.29 is 13.2 Å². The number of hydrogen-bond donors (Lipinski definition) is 2. The largest absolute Gasteiger partial charge is 0.322 e. The van der Waals surface area contributed by atoms with Gasteiger partial charge in [0.05, 0.1) is 16.8 Å². The number of nitriles is 1. The molecule has 1 aromatic carbocycles. The van der Waals surface area contributed by atoms with Gasteiger partial charge in [0.2, 0.25) is 10.0 Å². The summed E-state index contributed by atoms with van der Waals surface area (Å²) in [5, 5.41) is 15.5. The molecular formula is C16H16Cl2N6O3S. The lowest BCUT2D eigenvalue weighted by molar-refractivity contribution is 0.102. The molecule has 0 bridgehead atoms. The fourth-order valence-electron chi connectivity index (χ4n) is 2.79. The Bertz CT molecular complexity index is 1060. The van der Waals surface area contributed by atoms with Crippen LogP contribution in [-0.4, -0.2) is 48.1 Å². The summed E-state index contributed by atoms with van der Waals surface area (Å²) in [5.74, 6) is -0.530. The van der Waals surface area contributed by atoms with Crippen molar-refractivity contribution in [3.8, 4) is 6.19 Å². The molecule has 28 heavy (non-hydrogen) atoms. The first-order valence-electron chi connectivity index (χ1n) is 8.16. The second-order valence-corrected chi connectivity index (χ2v) is 8.67. The number of sulfonamides is 1. The van der Waals surface area contributed by atoms with Gasteiger partial charge in [-0.05, 0) is 24.6 Å². The third-order valence-corrected chi connectivity index (χ3v) is 6.69. The predicted octanol–water partition coefficient (Wildman–Crippen LogP) is 1.81. The SMILES string of the molecule is Cn1ncc(C(=O)Nc2ccc(Cl)c(S(=O)(=O)N[C@@H]3CCN(C#N)C3)c2)c1Cl. The van der Waals surface area contributed by atoms with Crippen LogP contribution in [0.4, 0.5) is 5.69 Å². The van der Waals surface area contributed by atoms with E-state index < -0.39 is 22.0 Å². The van der Waals surface area contributed by atoms with Crippen LogP contribution in [0.3, 0.4) is 0 Å². The van der Waals surface area contributed by atoms with Crippen LogP contribution in [0.1, 0.15) is 16.8 Å². The van der Waals surface area contributed by atoms with Crippen molar-refractivity contribution in [2.75, 3.05) is 18.4 Å². The van der Waals surface area contributed by atoms with Gasteiger partial charge in [0.15, 0.2) is 6.19 Å². The number of nitrogens with one attached hydrogen (secondary N) is 2. The van der Waals surface area contributed by atoms with Crippen molar-refractivity contribution in [3.63, 3.8) is 0 Å². The Morgan fingerprint density at radius 3 is 2.75 bits per heavy atom. The van der Waals surface area contributed by atoms with E-state index in [-0.39, 0.29) is 26.3 Å². The molecule has 2 N–H and O–H groups in total. The second-order valence-electron chi connectivity index (χ2n) is 6.22. The molecule has 2 aromatic rings. The summed E-state index contributed by atoms with van der Waals surface area (Å²) in [5.41, 5.74) is 0.393. The molecule has 1 amide bonds. The Balaban J connectivity index is 1.80. The molecule has 0 saturated carbocycles. The van der Waals surface area contributed by atoms with Crippen LogP contribution in [0.25, 0.3) is 0 Å². The number of halogens is 2. The van der Waals surface area contributed by atoms with Gasteiger partial charge in [0.25, 0.3) is 5.91 Å². The number of amides is 1. The standard InChI is InChI=1S/C16H16Cl2N6O3S/c1-23-15(18)12(7-20-23)16(25)21-10-2-3-13(17)14(6-10)28(26,27)22-11-4-5-24(8-11)9-19/h2-3,6-7,11,22H,4-5,8H2,1H3,(H,21,25)/t11-/m1/s1. The zero-order valence-electron chi connectivity index (χ0n) is 14.7. The first-order valence-corrected chi connectivity index (χ1v) is 10.4. The average Bonchev–Trinajstić information content (AvgIpc) is 3.23. The molecule has 148 valence electrons. The Labute approximate surface area is 171 Å². The van der Waals surface area contributed by atoms with Gasteiger partial charge >= 0.3 is 0 Å². The van der Waals surface area contributed by atoms with Gasteiger partial charge in [-0.2, -0.15) is 10.4 Å². The van der Waals surface area contributed by atoms with Crippen molar-refractivity contribution in [2.24, 2.45) is 7.05 Å². The highest BCUT2D eigenvalue weighted by atomic mass is 35.5. The van der Waals surface area contributed by atoms with Crippen LogP contribution in [0, 0.1) is 11.5 Å². The quantitative estimate of drug-likeness (QED) is 0.681. The Morgan fingerprint density at radius 1 is 1.39 bits per heavy atom. The molecule has 1 atom stereocenters. The van der Waals surface area contributed by atoms with Crippen molar-refractivity contribution in [1.82, 2.24) is 19.4 Å². The van der Waals surface area contributed by atoms with E-state index in [2.05, 4.69) is 15.1 Å². The summed E-state index contributed by atoms with van der Waals surface area (Å²) in [6.07, 6.45) is 3.82.